The first kappa shape index (κ1) is 8.16. The van der Waals surface area contributed by atoms with Crippen molar-refractivity contribution in [2.24, 2.45) is 0 Å². The van der Waals surface area contributed by atoms with Crippen LogP contribution < -0.4 is 0 Å². The van der Waals surface area contributed by atoms with Gasteiger partial charge in [0.2, 0.25) is 0 Å². The molecule has 0 unspecified atom stereocenters. The van der Waals surface area contributed by atoms with Gasteiger partial charge in [0, 0.05) is 19.4 Å². The fraction of sp³-hybridized carbons (Fsp3) is 0.714. The van der Waals surface area contributed by atoms with E-state index in [4.69, 9.17) is 5.26 Å². The Morgan fingerprint density at radius 1 is 1.11 bits per heavy atom. The summed E-state index contributed by atoms with van der Waals surface area (Å²) in [6.07, 6.45) is 5.24. The maximum absolute atomic E-state index is 10.5. The third-order valence-electron chi connectivity index (χ3n) is 1.41. The van der Waals surface area contributed by atoms with Crippen molar-refractivity contribution in [3.8, 4) is 6.57 Å². The summed E-state index contributed by atoms with van der Waals surface area (Å²) < 4.78 is 0. The van der Waals surface area contributed by atoms with Crippen LogP contribution in [0.4, 0.5) is 0 Å². The lowest BCUT2D eigenvalue weighted by atomic mass is 10.00. The number of hydrogen-bond acceptors (Lipinski definition) is 2. The van der Waals surface area contributed by atoms with Gasteiger partial charge in [0.25, 0.3) is 0 Å². The molecule has 2 nitrogen and oxygen atoms in total. The third-order valence-corrected chi connectivity index (χ3v) is 1.41. The monoisotopic (exact) mass is 125 g/mol. The lowest BCUT2D eigenvalue weighted by Crippen LogP contribution is -2.02. The summed E-state index contributed by atoms with van der Waals surface area (Å²) in [4.78, 5) is 10.5. The van der Waals surface area contributed by atoms with Gasteiger partial charge in [-0.15, -0.1) is 0 Å². The molecule has 2 heteroatoms. The topological polar surface area (TPSA) is 40.9 Å². The minimum Gasteiger partial charge on any atom is -0.300 e. The lowest BCUT2D eigenvalue weighted by molar-refractivity contribution is -0.120. The standard InChI is InChI=1S/C6H10O.CHN/c7-6-4-2-1-3-5-6;1-2/h1-5H2;1H. The van der Waals surface area contributed by atoms with Gasteiger partial charge in [0.15, 0.2) is 0 Å². The molecule has 0 aromatic rings. The smallest absolute Gasteiger partial charge is 0.132 e. The molecule has 0 aromatic carbocycles. The molecule has 0 aromatic heterocycles. The van der Waals surface area contributed by atoms with Crippen molar-refractivity contribution in [1.82, 2.24) is 0 Å². The summed E-state index contributed by atoms with van der Waals surface area (Å²) >= 11 is 0. The molecule has 0 saturated heterocycles. The predicted molar refractivity (Wildman–Crippen MR) is 34.8 cm³/mol. The zero-order valence-corrected chi connectivity index (χ0v) is 5.47. The average molecular weight is 125 g/mol. The number of nitrogens with zero attached hydrogens (tertiary/aromatic N) is 1. The zero-order valence-electron chi connectivity index (χ0n) is 5.47. The normalized spacial score (nSPS) is 17.8. The van der Waals surface area contributed by atoms with E-state index in [1.165, 1.54) is 6.42 Å². The van der Waals surface area contributed by atoms with E-state index in [1.54, 1.807) is 0 Å². The van der Waals surface area contributed by atoms with Crippen LogP contribution in [0.3, 0.4) is 0 Å². The second kappa shape index (κ2) is 5.30. The van der Waals surface area contributed by atoms with E-state index in [0.717, 1.165) is 25.7 Å². The molecule has 1 aliphatic carbocycles. The molecule has 0 amide bonds. The fourth-order valence-electron chi connectivity index (χ4n) is 0.946. The summed E-state index contributed by atoms with van der Waals surface area (Å²) in [5, 5.41) is 6.50. The van der Waals surface area contributed by atoms with Gasteiger partial charge in [-0.1, -0.05) is 6.42 Å². The van der Waals surface area contributed by atoms with E-state index in [1.807, 2.05) is 0 Å². The van der Waals surface area contributed by atoms with Crippen LogP contribution in [0.15, 0.2) is 0 Å². The maximum Gasteiger partial charge on any atom is 0.132 e. The Morgan fingerprint density at radius 3 is 1.78 bits per heavy atom. The van der Waals surface area contributed by atoms with Crippen molar-refractivity contribution in [1.29, 1.82) is 5.26 Å². The highest BCUT2D eigenvalue weighted by molar-refractivity contribution is 5.78. The summed E-state index contributed by atoms with van der Waals surface area (Å²) in [6, 6.07) is 0. The maximum atomic E-state index is 10.5. The fourth-order valence-corrected chi connectivity index (χ4v) is 0.946. The largest absolute Gasteiger partial charge is 0.300 e. The molecule has 0 bridgehead atoms. The van der Waals surface area contributed by atoms with Gasteiger partial charge < -0.3 is 0 Å². The highest BCUT2D eigenvalue weighted by atomic mass is 16.1. The van der Waals surface area contributed by atoms with E-state index in [9.17, 15) is 4.79 Å². The Hall–Kier alpha value is -0.840. The SMILES string of the molecule is C#N.O=C1CCCCC1. The zero-order chi connectivity index (χ0) is 7.11. The predicted octanol–water partition coefficient (Wildman–Crippen LogP) is 1.66. The van der Waals surface area contributed by atoms with Gasteiger partial charge in [-0.25, -0.2) is 5.26 Å². The van der Waals surface area contributed by atoms with E-state index in [-0.39, 0.29) is 0 Å². The van der Waals surface area contributed by atoms with E-state index >= 15 is 0 Å². The van der Waals surface area contributed by atoms with Crippen LogP contribution in [0.1, 0.15) is 32.1 Å². The van der Waals surface area contributed by atoms with Crippen molar-refractivity contribution in [2.75, 3.05) is 0 Å². The summed E-state index contributed by atoms with van der Waals surface area (Å²) in [5.41, 5.74) is 0. The van der Waals surface area contributed by atoms with Crippen LogP contribution in [0.5, 0.6) is 0 Å². The first-order valence-corrected chi connectivity index (χ1v) is 3.17. The molecule has 0 N–H and O–H groups in total. The van der Waals surface area contributed by atoms with Crippen molar-refractivity contribution in [3.63, 3.8) is 0 Å². The Bertz CT molecular complexity index is 98.7. The van der Waals surface area contributed by atoms with E-state index in [0.29, 0.717) is 5.78 Å². The number of carbonyl (C=O) groups excluding carboxylic acids is 1. The van der Waals surface area contributed by atoms with Crippen LogP contribution in [0.25, 0.3) is 0 Å². The van der Waals surface area contributed by atoms with Gasteiger partial charge in [-0.3, -0.25) is 4.79 Å². The van der Waals surface area contributed by atoms with Crippen molar-refractivity contribution < 1.29 is 4.79 Å². The first-order chi connectivity index (χ1) is 4.39. The lowest BCUT2D eigenvalue weighted by Gasteiger charge is -2.05. The van der Waals surface area contributed by atoms with Crippen molar-refractivity contribution in [3.05, 3.63) is 0 Å². The number of nitriles is 1. The first-order valence-electron chi connectivity index (χ1n) is 3.17. The van der Waals surface area contributed by atoms with Crippen LogP contribution in [0.2, 0.25) is 0 Å². The molecular formula is C7H11NO. The van der Waals surface area contributed by atoms with Crippen molar-refractivity contribution >= 4 is 5.78 Å². The number of hydrogen-bond donors (Lipinski definition) is 0. The summed E-state index contributed by atoms with van der Waals surface area (Å²) in [5.74, 6) is 0.464. The molecule has 0 atom stereocenters. The van der Waals surface area contributed by atoms with Crippen LogP contribution in [-0.4, -0.2) is 5.78 Å². The molecule has 0 aliphatic heterocycles. The molecule has 0 spiro atoms. The molecule has 1 fully saturated rings. The molecule has 1 saturated carbocycles. The number of rotatable bonds is 0. The molecule has 0 heterocycles. The minimum atomic E-state index is 0.464. The molecule has 1 rings (SSSR count). The Labute approximate surface area is 55.5 Å². The molecular weight excluding hydrogens is 114 g/mol. The molecule has 9 heavy (non-hydrogen) atoms. The Kier molecular flexibility index (Phi) is 4.81. The number of ketones is 1. The number of carbonyl (C=O) groups is 1. The summed E-state index contributed by atoms with van der Waals surface area (Å²) in [7, 11) is 0. The Balaban J connectivity index is 0.000000291. The Morgan fingerprint density at radius 2 is 1.56 bits per heavy atom. The number of Topliss-reactive ketones (excluding diaryl/α,β-unsaturated/α-hetero) is 1. The van der Waals surface area contributed by atoms with Crippen LogP contribution >= 0.6 is 0 Å². The molecule has 1 aliphatic rings. The molecule has 50 valence electrons. The summed E-state index contributed by atoms with van der Waals surface area (Å²) in [6.45, 7) is 3.50. The quantitative estimate of drug-likeness (QED) is 0.494. The van der Waals surface area contributed by atoms with E-state index in [2.05, 4.69) is 6.57 Å². The van der Waals surface area contributed by atoms with Gasteiger partial charge in [0.1, 0.15) is 5.78 Å². The van der Waals surface area contributed by atoms with Crippen molar-refractivity contribution in [2.45, 2.75) is 32.1 Å². The second-order valence-electron chi connectivity index (χ2n) is 2.10. The van der Waals surface area contributed by atoms with Gasteiger partial charge >= 0.3 is 0 Å². The van der Waals surface area contributed by atoms with Gasteiger partial charge in [0.05, 0.1) is 0 Å². The van der Waals surface area contributed by atoms with Gasteiger partial charge in [-0.2, -0.15) is 0 Å². The second-order valence-corrected chi connectivity index (χ2v) is 2.10. The van der Waals surface area contributed by atoms with Crippen LogP contribution in [-0.2, 0) is 4.79 Å². The third kappa shape index (κ3) is 3.72. The highest BCUT2D eigenvalue weighted by Crippen LogP contribution is 2.12. The average Bonchev–Trinajstić information content (AvgIpc) is 1.94. The van der Waals surface area contributed by atoms with Gasteiger partial charge in [-0.05, 0) is 12.8 Å². The minimum absolute atomic E-state index is 0.464. The highest BCUT2D eigenvalue weighted by Gasteiger charge is 2.05. The molecule has 0 radical (unpaired) electrons. The van der Waals surface area contributed by atoms with E-state index < -0.39 is 0 Å². The van der Waals surface area contributed by atoms with Crippen LogP contribution in [0, 0.1) is 11.8 Å².